The first-order valence-corrected chi connectivity index (χ1v) is 10.3. The predicted octanol–water partition coefficient (Wildman–Crippen LogP) is 4.42. The second-order valence-corrected chi connectivity index (χ2v) is 7.46. The van der Waals surface area contributed by atoms with E-state index in [1.54, 1.807) is 49.6 Å². The molecular formula is C26H24N2O5. The molecule has 0 aliphatic carbocycles. The van der Waals surface area contributed by atoms with Crippen molar-refractivity contribution in [2.45, 2.75) is 6.92 Å². The van der Waals surface area contributed by atoms with Crippen LogP contribution in [0.1, 0.15) is 11.1 Å². The van der Waals surface area contributed by atoms with E-state index in [0.29, 0.717) is 34.2 Å². The second kappa shape index (κ2) is 9.08. The molecule has 3 aromatic rings. The Bertz CT molecular complexity index is 1250. The highest BCUT2D eigenvalue weighted by Crippen LogP contribution is 2.39. The Hall–Kier alpha value is -4.26. The van der Waals surface area contributed by atoms with Crippen molar-refractivity contribution in [3.05, 3.63) is 83.6 Å². The maximum atomic E-state index is 13.6. The molecule has 1 aliphatic rings. The van der Waals surface area contributed by atoms with E-state index in [2.05, 4.69) is 5.32 Å². The summed E-state index contributed by atoms with van der Waals surface area (Å²) in [7, 11) is 4.58. The minimum Gasteiger partial charge on any atom is -0.497 e. The summed E-state index contributed by atoms with van der Waals surface area (Å²) in [6.45, 7) is 1.96. The molecule has 168 valence electrons. The minimum atomic E-state index is -0.484. The number of nitrogens with one attached hydrogen (secondary N) is 1. The monoisotopic (exact) mass is 444 g/mol. The van der Waals surface area contributed by atoms with E-state index in [1.165, 1.54) is 14.2 Å². The quantitative estimate of drug-likeness (QED) is 0.544. The second-order valence-electron chi connectivity index (χ2n) is 7.46. The molecule has 0 unspecified atom stereocenters. The van der Waals surface area contributed by atoms with E-state index >= 15 is 0 Å². The Labute approximate surface area is 192 Å². The summed E-state index contributed by atoms with van der Waals surface area (Å²) in [6, 6.07) is 19.6. The van der Waals surface area contributed by atoms with Gasteiger partial charge in [0, 0.05) is 17.8 Å². The van der Waals surface area contributed by atoms with Crippen molar-refractivity contribution in [1.82, 2.24) is 0 Å². The van der Waals surface area contributed by atoms with Gasteiger partial charge in [0.1, 0.15) is 22.9 Å². The number of amides is 2. The van der Waals surface area contributed by atoms with E-state index in [4.69, 9.17) is 14.2 Å². The molecule has 7 heteroatoms. The number of carbonyl (C=O) groups is 2. The molecule has 33 heavy (non-hydrogen) atoms. The van der Waals surface area contributed by atoms with Crippen LogP contribution in [0.3, 0.4) is 0 Å². The lowest BCUT2D eigenvalue weighted by Crippen LogP contribution is -2.32. The molecule has 0 saturated carbocycles. The average molecular weight is 444 g/mol. The van der Waals surface area contributed by atoms with E-state index in [0.717, 1.165) is 10.5 Å². The first-order chi connectivity index (χ1) is 16.0. The molecule has 2 amide bonds. The number of rotatable bonds is 7. The highest BCUT2D eigenvalue weighted by atomic mass is 16.5. The maximum absolute atomic E-state index is 13.6. The largest absolute Gasteiger partial charge is 0.497 e. The molecule has 0 spiro atoms. The molecular weight excluding hydrogens is 420 g/mol. The number of aryl methyl sites for hydroxylation is 1. The molecule has 0 fully saturated rings. The summed E-state index contributed by atoms with van der Waals surface area (Å²) in [5.74, 6) is 0.598. The van der Waals surface area contributed by atoms with Gasteiger partial charge in [-0.1, -0.05) is 35.9 Å². The van der Waals surface area contributed by atoms with Gasteiger partial charge in [-0.15, -0.1) is 0 Å². The normalized spacial score (nSPS) is 13.4. The van der Waals surface area contributed by atoms with Crippen LogP contribution in [0.4, 0.5) is 11.4 Å². The van der Waals surface area contributed by atoms with Crippen molar-refractivity contribution in [3.8, 4) is 17.2 Å². The van der Waals surface area contributed by atoms with E-state index in [9.17, 15) is 9.59 Å². The fourth-order valence-electron chi connectivity index (χ4n) is 3.67. The van der Waals surface area contributed by atoms with E-state index in [1.807, 2.05) is 31.2 Å². The van der Waals surface area contributed by atoms with Gasteiger partial charge in [-0.05, 0) is 36.8 Å². The molecule has 0 atom stereocenters. The molecule has 1 N–H and O–H groups in total. The zero-order valence-corrected chi connectivity index (χ0v) is 18.8. The molecule has 4 rings (SSSR count). The van der Waals surface area contributed by atoms with Crippen LogP contribution >= 0.6 is 0 Å². The lowest BCUT2D eigenvalue weighted by molar-refractivity contribution is -0.120. The van der Waals surface area contributed by atoms with Crippen molar-refractivity contribution < 1.29 is 23.8 Å². The molecule has 1 heterocycles. The molecule has 0 bridgehead atoms. The number of anilines is 2. The molecule has 0 saturated heterocycles. The molecule has 3 aromatic carbocycles. The van der Waals surface area contributed by atoms with Crippen LogP contribution in [-0.2, 0) is 9.59 Å². The number of benzene rings is 3. The standard InChI is InChI=1S/C26H24N2O5/c1-16-8-10-17(11-9-16)23-24(27-18-6-5-7-19(14-18)31-2)26(30)28(25(23)29)21-13-12-20(32-3)15-22(21)33-4/h5-15,27H,1-4H3. The zero-order valence-electron chi connectivity index (χ0n) is 18.8. The van der Waals surface area contributed by atoms with Crippen LogP contribution < -0.4 is 24.4 Å². The topological polar surface area (TPSA) is 77.1 Å². The Balaban J connectivity index is 1.83. The van der Waals surface area contributed by atoms with Crippen LogP contribution in [0.2, 0.25) is 0 Å². The number of hydrogen-bond acceptors (Lipinski definition) is 6. The van der Waals surface area contributed by atoms with E-state index < -0.39 is 11.8 Å². The average Bonchev–Trinajstić information content (AvgIpc) is 3.08. The minimum absolute atomic E-state index is 0.176. The lowest BCUT2D eigenvalue weighted by Gasteiger charge is -2.19. The van der Waals surface area contributed by atoms with Gasteiger partial charge >= 0.3 is 0 Å². The fourth-order valence-corrected chi connectivity index (χ4v) is 3.67. The molecule has 0 aromatic heterocycles. The summed E-state index contributed by atoms with van der Waals surface area (Å²) in [5, 5.41) is 3.14. The third-order valence-corrected chi connectivity index (χ3v) is 5.39. The van der Waals surface area contributed by atoms with Crippen molar-refractivity contribution in [2.75, 3.05) is 31.5 Å². The fraction of sp³-hybridized carbons (Fsp3) is 0.154. The van der Waals surface area contributed by atoms with Crippen molar-refractivity contribution in [3.63, 3.8) is 0 Å². The first kappa shape index (κ1) is 22.0. The zero-order chi connectivity index (χ0) is 23.5. The third-order valence-electron chi connectivity index (χ3n) is 5.39. The van der Waals surface area contributed by atoms with Gasteiger partial charge in [0.25, 0.3) is 11.8 Å². The maximum Gasteiger partial charge on any atom is 0.282 e. The number of carbonyl (C=O) groups excluding carboxylic acids is 2. The summed E-state index contributed by atoms with van der Waals surface area (Å²) >= 11 is 0. The number of methoxy groups -OCH3 is 3. The van der Waals surface area contributed by atoms with Crippen LogP contribution in [0.15, 0.2) is 72.4 Å². The van der Waals surface area contributed by atoms with Gasteiger partial charge in [0.15, 0.2) is 0 Å². The summed E-state index contributed by atoms with van der Waals surface area (Å²) in [5.41, 5.74) is 3.10. The number of ether oxygens (including phenoxy) is 3. The van der Waals surface area contributed by atoms with Gasteiger partial charge in [0.2, 0.25) is 0 Å². The van der Waals surface area contributed by atoms with Crippen LogP contribution in [-0.4, -0.2) is 33.1 Å². The number of nitrogens with zero attached hydrogens (tertiary/aromatic N) is 1. The highest BCUT2D eigenvalue weighted by Gasteiger charge is 2.41. The Morgan fingerprint density at radius 1 is 0.758 bits per heavy atom. The smallest absolute Gasteiger partial charge is 0.282 e. The van der Waals surface area contributed by atoms with Crippen molar-refractivity contribution in [2.24, 2.45) is 0 Å². The Morgan fingerprint density at radius 3 is 2.12 bits per heavy atom. The SMILES string of the molecule is COc1cccc(NC2=C(c3ccc(C)cc3)C(=O)N(c3ccc(OC)cc3OC)C2=O)c1. The lowest BCUT2D eigenvalue weighted by atomic mass is 10.0. The van der Waals surface area contributed by atoms with Gasteiger partial charge in [0.05, 0.1) is 32.6 Å². The summed E-state index contributed by atoms with van der Waals surface area (Å²) in [4.78, 5) is 28.4. The number of imide groups is 1. The van der Waals surface area contributed by atoms with Gasteiger partial charge in [-0.2, -0.15) is 0 Å². The van der Waals surface area contributed by atoms with Crippen molar-refractivity contribution >= 4 is 28.8 Å². The Morgan fingerprint density at radius 2 is 1.45 bits per heavy atom. The molecule has 7 nitrogen and oxygen atoms in total. The Kier molecular flexibility index (Phi) is 6.04. The predicted molar refractivity (Wildman–Crippen MR) is 127 cm³/mol. The van der Waals surface area contributed by atoms with Gasteiger partial charge in [-0.3, -0.25) is 9.59 Å². The van der Waals surface area contributed by atoms with Crippen LogP contribution in [0.5, 0.6) is 17.2 Å². The highest BCUT2D eigenvalue weighted by molar-refractivity contribution is 6.46. The van der Waals surface area contributed by atoms with Crippen LogP contribution in [0, 0.1) is 6.92 Å². The third kappa shape index (κ3) is 4.13. The van der Waals surface area contributed by atoms with Crippen molar-refractivity contribution in [1.29, 1.82) is 0 Å². The van der Waals surface area contributed by atoms with Crippen LogP contribution in [0.25, 0.3) is 5.57 Å². The molecule has 0 radical (unpaired) electrons. The summed E-state index contributed by atoms with van der Waals surface area (Å²) < 4.78 is 16.0. The number of hydrogen-bond donors (Lipinski definition) is 1. The van der Waals surface area contributed by atoms with Gasteiger partial charge in [-0.25, -0.2) is 4.90 Å². The van der Waals surface area contributed by atoms with E-state index in [-0.39, 0.29) is 11.3 Å². The first-order valence-electron chi connectivity index (χ1n) is 10.3. The summed E-state index contributed by atoms with van der Waals surface area (Å²) in [6.07, 6.45) is 0. The van der Waals surface area contributed by atoms with Gasteiger partial charge < -0.3 is 19.5 Å². The molecule has 1 aliphatic heterocycles.